The topological polar surface area (TPSA) is 25.2 Å². The van der Waals surface area contributed by atoms with Crippen LogP contribution in [0.2, 0.25) is 0 Å². The first-order valence-electron chi connectivity index (χ1n) is 10.6. The van der Waals surface area contributed by atoms with Crippen molar-refractivity contribution in [3.63, 3.8) is 0 Å². The molecule has 0 unspecified atom stereocenters. The maximum absolute atomic E-state index is 13.0. The normalized spacial score (nSPS) is 15.4. The van der Waals surface area contributed by atoms with Crippen LogP contribution in [0.3, 0.4) is 0 Å². The van der Waals surface area contributed by atoms with E-state index in [4.69, 9.17) is 0 Å². The molecule has 1 fully saturated rings. The van der Waals surface area contributed by atoms with Gasteiger partial charge in [0.05, 0.1) is 11.0 Å². The van der Waals surface area contributed by atoms with Gasteiger partial charge in [-0.15, -0.1) is 12.4 Å². The molecule has 3 aromatic rings. The van der Waals surface area contributed by atoms with Crippen LogP contribution in [-0.2, 0) is 0 Å². The van der Waals surface area contributed by atoms with Crippen LogP contribution in [-0.4, -0.2) is 35.0 Å². The Balaban J connectivity index is 0.00000225. The van der Waals surface area contributed by atoms with E-state index in [9.17, 15) is 4.79 Å². The zero-order valence-electron chi connectivity index (χ0n) is 16.6. The lowest BCUT2D eigenvalue weighted by atomic mass is 10.1. The summed E-state index contributed by atoms with van der Waals surface area (Å²) in [6.45, 7) is 3.73. The maximum atomic E-state index is 13.0. The Bertz CT molecular complexity index is 856. The number of rotatable bonds is 6. The highest BCUT2D eigenvalue weighted by Gasteiger charge is 2.15. The van der Waals surface area contributed by atoms with Crippen molar-refractivity contribution in [2.75, 3.05) is 19.6 Å². The minimum Gasteiger partial charge on any atom is -0.303 e. The van der Waals surface area contributed by atoms with Gasteiger partial charge < -0.3 is 4.90 Å². The number of benzene rings is 2. The lowest BCUT2D eigenvalue weighted by Gasteiger charge is -2.19. The largest absolute Gasteiger partial charge is 0.303 e. The first-order valence-corrected chi connectivity index (χ1v) is 10.6. The predicted molar refractivity (Wildman–Crippen MR) is 121 cm³/mol. The number of hydrogen-bond acceptors (Lipinski definition) is 2. The molecule has 150 valence electrons. The predicted octanol–water partition coefficient (Wildman–Crippen LogP) is 6.29. The summed E-state index contributed by atoms with van der Waals surface area (Å²) < 4.78 is 1.93. The summed E-state index contributed by atoms with van der Waals surface area (Å²) in [4.78, 5) is 15.6. The van der Waals surface area contributed by atoms with Crippen molar-refractivity contribution in [2.45, 2.75) is 51.4 Å². The van der Waals surface area contributed by atoms with Crippen molar-refractivity contribution in [1.82, 2.24) is 9.47 Å². The molecule has 0 atom stereocenters. The number of nitrogens with zero attached hydrogens (tertiary/aromatic N) is 2. The number of aromatic nitrogens is 1. The number of carbonyl (C=O) groups excluding carboxylic acids is 1. The van der Waals surface area contributed by atoms with Crippen LogP contribution < -0.4 is 0 Å². The highest BCUT2D eigenvalue weighted by Crippen LogP contribution is 2.29. The lowest BCUT2D eigenvalue weighted by molar-refractivity contribution is 0.0909. The van der Waals surface area contributed by atoms with E-state index < -0.39 is 0 Å². The molecule has 1 aliphatic heterocycles. The molecule has 0 N–H and O–H groups in total. The molecule has 1 saturated heterocycles. The Morgan fingerprint density at radius 2 is 1.32 bits per heavy atom. The molecule has 2 heterocycles. The van der Waals surface area contributed by atoms with Crippen LogP contribution in [0.4, 0.5) is 0 Å². The smallest absolute Gasteiger partial charge is 0.231 e. The number of likely N-dealkylation sites (tertiary alicyclic amines) is 1. The summed E-state index contributed by atoms with van der Waals surface area (Å²) in [6.07, 6.45) is 9.45. The SMILES string of the molecule is Cl.O=C(CCCCCN1CCCCCC1)n1c2ccccc2c2ccccc21. The van der Waals surface area contributed by atoms with Crippen molar-refractivity contribution < 1.29 is 4.79 Å². The quantitative estimate of drug-likeness (QED) is 0.455. The van der Waals surface area contributed by atoms with E-state index in [0.717, 1.165) is 23.9 Å². The Labute approximate surface area is 174 Å². The summed E-state index contributed by atoms with van der Waals surface area (Å²) in [5.74, 6) is 0.224. The van der Waals surface area contributed by atoms with E-state index in [1.165, 1.54) is 62.5 Å². The molecular weight excluding hydrogens is 368 g/mol. The van der Waals surface area contributed by atoms with Gasteiger partial charge in [-0.05, 0) is 57.5 Å². The van der Waals surface area contributed by atoms with Gasteiger partial charge in [0.2, 0.25) is 5.91 Å². The average molecular weight is 399 g/mol. The van der Waals surface area contributed by atoms with Crippen molar-refractivity contribution in [3.8, 4) is 0 Å². The minimum atomic E-state index is 0. The third-order valence-electron chi connectivity index (χ3n) is 5.89. The Kier molecular flexibility index (Phi) is 7.52. The second-order valence-corrected chi connectivity index (χ2v) is 7.83. The highest BCUT2D eigenvalue weighted by atomic mass is 35.5. The zero-order chi connectivity index (χ0) is 18.5. The molecule has 0 bridgehead atoms. The Morgan fingerprint density at radius 3 is 1.93 bits per heavy atom. The van der Waals surface area contributed by atoms with Gasteiger partial charge >= 0.3 is 0 Å². The molecule has 0 amide bonds. The second-order valence-electron chi connectivity index (χ2n) is 7.83. The van der Waals surface area contributed by atoms with Crippen molar-refractivity contribution in [3.05, 3.63) is 48.5 Å². The third kappa shape index (κ3) is 4.59. The van der Waals surface area contributed by atoms with Gasteiger partial charge in [0.15, 0.2) is 0 Å². The van der Waals surface area contributed by atoms with E-state index in [0.29, 0.717) is 6.42 Å². The van der Waals surface area contributed by atoms with Crippen molar-refractivity contribution >= 4 is 40.1 Å². The fraction of sp³-hybridized carbons (Fsp3) is 0.458. The number of hydrogen-bond donors (Lipinski definition) is 0. The van der Waals surface area contributed by atoms with Crippen LogP contribution in [0.1, 0.15) is 56.2 Å². The second kappa shape index (κ2) is 10.1. The van der Waals surface area contributed by atoms with E-state index in [1.807, 2.05) is 28.8 Å². The summed E-state index contributed by atoms with van der Waals surface area (Å²) in [5.41, 5.74) is 2.07. The van der Waals surface area contributed by atoms with E-state index in [-0.39, 0.29) is 18.3 Å². The van der Waals surface area contributed by atoms with Crippen LogP contribution in [0.25, 0.3) is 21.8 Å². The molecule has 28 heavy (non-hydrogen) atoms. The van der Waals surface area contributed by atoms with Crippen LogP contribution in [0.5, 0.6) is 0 Å². The van der Waals surface area contributed by atoms with E-state index in [2.05, 4.69) is 29.2 Å². The molecule has 2 aromatic carbocycles. The monoisotopic (exact) mass is 398 g/mol. The summed E-state index contributed by atoms with van der Waals surface area (Å²) in [6, 6.07) is 16.5. The maximum Gasteiger partial charge on any atom is 0.231 e. The fourth-order valence-corrected chi connectivity index (χ4v) is 4.45. The van der Waals surface area contributed by atoms with Crippen molar-refractivity contribution in [2.24, 2.45) is 0 Å². The van der Waals surface area contributed by atoms with Gasteiger partial charge in [0.1, 0.15) is 0 Å². The molecule has 4 rings (SSSR count). The summed E-state index contributed by atoms with van der Waals surface area (Å²) in [5, 5.41) is 2.34. The van der Waals surface area contributed by atoms with Crippen LogP contribution >= 0.6 is 12.4 Å². The van der Waals surface area contributed by atoms with Crippen molar-refractivity contribution in [1.29, 1.82) is 0 Å². The highest BCUT2D eigenvalue weighted by molar-refractivity contribution is 6.13. The number of unbranched alkanes of at least 4 members (excludes halogenated alkanes) is 2. The molecular formula is C24H31ClN2O. The zero-order valence-corrected chi connectivity index (χ0v) is 17.4. The molecule has 1 aromatic heterocycles. The molecule has 4 heteroatoms. The van der Waals surface area contributed by atoms with E-state index in [1.54, 1.807) is 0 Å². The molecule has 1 aliphatic rings. The minimum absolute atomic E-state index is 0. The molecule has 3 nitrogen and oxygen atoms in total. The number of para-hydroxylation sites is 2. The van der Waals surface area contributed by atoms with Gasteiger partial charge in [0, 0.05) is 17.2 Å². The lowest BCUT2D eigenvalue weighted by Crippen LogP contribution is -2.25. The fourth-order valence-electron chi connectivity index (χ4n) is 4.45. The van der Waals surface area contributed by atoms with Gasteiger partial charge in [-0.25, -0.2) is 0 Å². The third-order valence-corrected chi connectivity index (χ3v) is 5.89. The van der Waals surface area contributed by atoms with Gasteiger partial charge in [0.25, 0.3) is 0 Å². The van der Waals surface area contributed by atoms with Crippen LogP contribution in [0, 0.1) is 0 Å². The Hall–Kier alpha value is -1.84. The van der Waals surface area contributed by atoms with Gasteiger partial charge in [-0.3, -0.25) is 9.36 Å². The number of carbonyl (C=O) groups is 1. The number of halogens is 1. The molecule has 0 spiro atoms. The van der Waals surface area contributed by atoms with E-state index >= 15 is 0 Å². The molecule has 0 saturated carbocycles. The van der Waals surface area contributed by atoms with Gasteiger partial charge in [-0.1, -0.05) is 55.7 Å². The first kappa shape index (κ1) is 20.9. The summed E-state index contributed by atoms with van der Waals surface area (Å²) >= 11 is 0. The summed E-state index contributed by atoms with van der Waals surface area (Å²) in [7, 11) is 0. The van der Waals surface area contributed by atoms with Gasteiger partial charge in [-0.2, -0.15) is 0 Å². The number of fused-ring (bicyclic) bond motifs is 3. The molecule has 0 aliphatic carbocycles. The Morgan fingerprint density at radius 1 is 0.750 bits per heavy atom. The standard InChI is InChI=1S/C24H30N2O.ClH/c27-24(16-4-3-11-19-25-17-9-1-2-10-18-25)26-22-14-7-5-12-20(22)21-13-6-8-15-23(21)26;/h5-8,12-15H,1-4,9-11,16-19H2;1H. The average Bonchev–Trinajstić information content (AvgIpc) is 2.83. The first-order chi connectivity index (χ1) is 13.3. The van der Waals surface area contributed by atoms with Crippen LogP contribution in [0.15, 0.2) is 48.5 Å². The molecule has 0 radical (unpaired) electrons.